The van der Waals surface area contributed by atoms with Crippen LogP contribution in [0.1, 0.15) is 48.2 Å². The first-order valence-corrected chi connectivity index (χ1v) is 18.0. The summed E-state index contributed by atoms with van der Waals surface area (Å²) in [6.45, 7) is 9.35. The molecule has 0 aliphatic carbocycles. The van der Waals surface area contributed by atoms with E-state index in [9.17, 15) is 9.59 Å². The summed E-state index contributed by atoms with van der Waals surface area (Å²) < 4.78 is 7.68. The Hall–Kier alpha value is -5.36. The number of hydrogen-bond donors (Lipinski definition) is 3. The molecule has 0 unspecified atom stereocenters. The van der Waals surface area contributed by atoms with Gasteiger partial charge < -0.3 is 39.6 Å². The number of carbonyl (C=O) groups is 2. The maximum Gasteiger partial charge on any atom is 0.257 e. The van der Waals surface area contributed by atoms with Crippen LogP contribution in [0.25, 0.3) is 16.9 Å². The Labute approximate surface area is 298 Å². The van der Waals surface area contributed by atoms with Gasteiger partial charge in [0.2, 0.25) is 11.9 Å². The molecule has 2 amide bonds. The molecule has 2 aliphatic heterocycles. The first-order valence-electron chi connectivity index (χ1n) is 18.0. The number of aromatic amines is 1. The number of amides is 2. The van der Waals surface area contributed by atoms with Gasteiger partial charge in [-0.15, -0.1) is 0 Å². The van der Waals surface area contributed by atoms with Crippen molar-refractivity contribution in [2.45, 2.75) is 39.5 Å². The van der Waals surface area contributed by atoms with Crippen LogP contribution in [0.3, 0.4) is 0 Å². The van der Waals surface area contributed by atoms with Gasteiger partial charge in [0.05, 0.1) is 23.7 Å². The molecule has 266 valence electrons. The molecule has 2 aromatic carbocycles. The number of methoxy groups -OCH3 is 1. The second-order valence-electron chi connectivity index (χ2n) is 13.4. The highest BCUT2D eigenvalue weighted by molar-refractivity contribution is 6.05. The monoisotopic (exact) mass is 689 g/mol. The van der Waals surface area contributed by atoms with Gasteiger partial charge in [0.25, 0.3) is 5.91 Å². The van der Waals surface area contributed by atoms with Crippen molar-refractivity contribution in [3.63, 3.8) is 0 Å². The molecule has 3 N–H and O–H groups in total. The Kier molecular flexibility index (Phi) is 9.94. The lowest BCUT2D eigenvalue weighted by molar-refractivity contribution is -0.137. The Balaban J connectivity index is 1.06. The molecule has 2 saturated heterocycles. The van der Waals surface area contributed by atoms with Crippen LogP contribution in [-0.2, 0) is 17.6 Å². The number of aromatic nitrogens is 4. The largest absolute Gasteiger partial charge is 0.494 e. The number of nitrogens with one attached hydrogen (secondary N) is 3. The number of benzene rings is 2. The highest BCUT2D eigenvalue weighted by atomic mass is 16.5. The van der Waals surface area contributed by atoms with E-state index < -0.39 is 0 Å². The van der Waals surface area contributed by atoms with Crippen LogP contribution in [0.4, 0.5) is 23.0 Å². The lowest BCUT2D eigenvalue weighted by Crippen LogP contribution is -2.50. The first kappa shape index (κ1) is 34.1. The van der Waals surface area contributed by atoms with Gasteiger partial charge >= 0.3 is 0 Å². The van der Waals surface area contributed by atoms with Crippen LogP contribution in [0.2, 0.25) is 0 Å². The third-order valence-electron chi connectivity index (χ3n) is 10.3. The second-order valence-corrected chi connectivity index (χ2v) is 13.4. The molecule has 5 aromatic rings. The number of H-pyrrole nitrogens is 1. The third-order valence-corrected chi connectivity index (χ3v) is 10.3. The summed E-state index contributed by atoms with van der Waals surface area (Å²) in [5.74, 6) is 1.91. The molecule has 0 atom stereocenters. The van der Waals surface area contributed by atoms with Gasteiger partial charge in [0.1, 0.15) is 11.4 Å². The van der Waals surface area contributed by atoms with E-state index in [0.29, 0.717) is 34.6 Å². The maximum absolute atomic E-state index is 13.4. The third kappa shape index (κ3) is 7.14. The van der Waals surface area contributed by atoms with E-state index in [1.807, 2.05) is 46.1 Å². The minimum absolute atomic E-state index is 0.0826. The molecule has 3 aromatic heterocycles. The van der Waals surface area contributed by atoms with Crippen molar-refractivity contribution in [3.8, 4) is 11.6 Å². The van der Waals surface area contributed by atoms with Crippen molar-refractivity contribution in [2.24, 2.45) is 5.92 Å². The van der Waals surface area contributed by atoms with E-state index in [4.69, 9.17) is 14.7 Å². The second kappa shape index (κ2) is 14.9. The SMILES string of the molecule is CCc1cccc(CC)c1NC(=O)c1ccn(-c2nc(Nc3ccc(N4CCC(C(=O)N5CCN(C)CC5)CC4)cc3OC)nc3[nH]ccc23)c1. The van der Waals surface area contributed by atoms with Crippen molar-refractivity contribution >= 4 is 45.9 Å². The van der Waals surface area contributed by atoms with E-state index in [1.54, 1.807) is 19.4 Å². The Morgan fingerprint density at radius 1 is 0.941 bits per heavy atom. The van der Waals surface area contributed by atoms with Gasteiger partial charge in [0.15, 0.2) is 5.82 Å². The predicted octanol–water partition coefficient (Wildman–Crippen LogP) is 5.87. The van der Waals surface area contributed by atoms with Crippen LogP contribution >= 0.6 is 0 Å². The number of para-hydroxylation sites is 1. The van der Waals surface area contributed by atoms with Crippen LogP contribution < -0.4 is 20.3 Å². The fourth-order valence-corrected chi connectivity index (χ4v) is 7.20. The van der Waals surface area contributed by atoms with Crippen molar-refractivity contribution in [3.05, 3.63) is 83.8 Å². The quantitative estimate of drug-likeness (QED) is 0.167. The van der Waals surface area contributed by atoms with Crippen LogP contribution in [-0.4, -0.2) is 94.6 Å². The molecule has 12 nitrogen and oxygen atoms in total. The standard InChI is InChI=1S/C39H47N9O3/c1-5-26-8-7-9-27(6-2)34(26)42-37(49)29-15-19-48(25-29)36-31-12-16-40-35(31)43-39(44-36)41-32-11-10-30(24-33(32)51-4)46-17-13-28(14-18-46)38(50)47-22-20-45(3)21-23-47/h7-12,15-16,19,24-25,28H,5-6,13-14,17-18,20-23H2,1-4H3,(H,42,49)(H2,40,41,43,44). The summed E-state index contributed by atoms with van der Waals surface area (Å²) in [6, 6.07) is 16.0. The van der Waals surface area contributed by atoms with Gasteiger partial charge in [0, 0.05) is 81.2 Å². The fraction of sp³-hybridized carbons (Fsp3) is 0.385. The molecule has 7 rings (SSSR count). The molecule has 2 aliphatic rings. The summed E-state index contributed by atoms with van der Waals surface area (Å²) in [5.41, 5.74) is 6.10. The zero-order valence-corrected chi connectivity index (χ0v) is 29.9. The maximum atomic E-state index is 13.4. The molecule has 2 fully saturated rings. The summed E-state index contributed by atoms with van der Waals surface area (Å²) in [7, 11) is 3.76. The molecule has 0 radical (unpaired) electrons. The molecule has 0 saturated carbocycles. The first-order chi connectivity index (χ1) is 24.8. The predicted molar refractivity (Wildman–Crippen MR) is 202 cm³/mol. The number of piperidine rings is 1. The molecule has 12 heteroatoms. The van der Waals surface area contributed by atoms with E-state index in [2.05, 4.69) is 64.5 Å². The number of rotatable bonds is 10. The van der Waals surface area contributed by atoms with Crippen LogP contribution in [0, 0.1) is 5.92 Å². The van der Waals surface area contributed by atoms with Crippen molar-refractivity contribution < 1.29 is 14.3 Å². The molecule has 0 spiro atoms. The van der Waals surface area contributed by atoms with Crippen molar-refractivity contribution in [1.82, 2.24) is 29.3 Å². The van der Waals surface area contributed by atoms with Gasteiger partial charge in [-0.05, 0) is 68.1 Å². The number of nitrogens with zero attached hydrogens (tertiary/aromatic N) is 6. The minimum Gasteiger partial charge on any atom is -0.494 e. The Morgan fingerprint density at radius 2 is 1.69 bits per heavy atom. The van der Waals surface area contributed by atoms with E-state index in [-0.39, 0.29) is 11.8 Å². The summed E-state index contributed by atoms with van der Waals surface area (Å²) in [5, 5.41) is 7.35. The number of aryl methyl sites for hydroxylation is 2. The molecular formula is C39H47N9O3. The van der Waals surface area contributed by atoms with E-state index in [0.717, 1.165) is 98.5 Å². The number of hydrogen-bond acceptors (Lipinski definition) is 8. The number of fused-ring (bicyclic) bond motifs is 1. The highest BCUT2D eigenvalue weighted by Crippen LogP contribution is 2.34. The Morgan fingerprint density at radius 3 is 2.39 bits per heavy atom. The smallest absolute Gasteiger partial charge is 0.257 e. The average molecular weight is 690 g/mol. The zero-order valence-electron chi connectivity index (χ0n) is 29.9. The molecule has 51 heavy (non-hydrogen) atoms. The number of anilines is 4. The minimum atomic E-state index is -0.169. The lowest BCUT2D eigenvalue weighted by Gasteiger charge is -2.38. The summed E-state index contributed by atoms with van der Waals surface area (Å²) in [4.78, 5) is 46.1. The topological polar surface area (TPSA) is 124 Å². The summed E-state index contributed by atoms with van der Waals surface area (Å²) >= 11 is 0. The van der Waals surface area contributed by atoms with Crippen molar-refractivity contribution in [1.29, 1.82) is 0 Å². The highest BCUT2D eigenvalue weighted by Gasteiger charge is 2.30. The molecule has 5 heterocycles. The lowest BCUT2D eigenvalue weighted by atomic mass is 9.94. The normalized spacial score (nSPS) is 15.7. The zero-order chi connectivity index (χ0) is 35.5. The van der Waals surface area contributed by atoms with Gasteiger partial charge in [-0.2, -0.15) is 9.97 Å². The van der Waals surface area contributed by atoms with Gasteiger partial charge in [-0.25, -0.2) is 0 Å². The number of likely N-dealkylation sites (N-methyl/N-ethyl adjacent to an activating group) is 1. The van der Waals surface area contributed by atoms with Gasteiger partial charge in [-0.3, -0.25) is 9.59 Å². The number of ether oxygens (including phenoxy) is 1. The molecular weight excluding hydrogens is 642 g/mol. The van der Waals surface area contributed by atoms with E-state index >= 15 is 0 Å². The number of piperazine rings is 1. The molecule has 0 bridgehead atoms. The van der Waals surface area contributed by atoms with Crippen molar-refractivity contribution in [2.75, 3.05) is 69.0 Å². The summed E-state index contributed by atoms with van der Waals surface area (Å²) in [6.07, 6.45) is 8.82. The fourth-order valence-electron chi connectivity index (χ4n) is 7.20. The number of carbonyl (C=O) groups excluding carboxylic acids is 2. The van der Waals surface area contributed by atoms with Crippen LogP contribution in [0.5, 0.6) is 5.75 Å². The van der Waals surface area contributed by atoms with E-state index in [1.165, 1.54) is 0 Å². The van der Waals surface area contributed by atoms with Crippen LogP contribution in [0.15, 0.2) is 67.1 Å². The van der Waals surface area contributed by atoms with Gasteiger partial charge in [-0.1, -0.05) is 32.0 Å². The average Bonchev–Trinajstić information content (AvgIpc) is 3.86. The Bertz CT molecular complexity index is 2000.